The quantitative estimate of drug-likeness (QED) is 0.302. The number of ether oxygens (including phenoxy) is 3. The number of rotatable bonds is 5. The lowest BCUT2D eigenvalue weighted by Gasteiger charge is -2.39. The Morgan fingerprint density at radius 2 is 1.70 bits per heavy atom. The summed E-state index contributed by atoms with van der Waals surface area (Å²) < 4.78 is 21.6. The molecule has 1 aliphatic heterocycles. The molecule has 176 valence electrons. The zero-order valence-corrected chi connectivity index (χ0v) is 17.3. The summed E-state index contributed by atoms with van der Waals surface area (Å²) in [5.41, 5.74) is 0.00282. The minimum absolute atomic E-state index is 0.0296. The van der Waals surface area contributed by atoms with Crippen molar-refractivity contribution in [3.05, 3.63) is 46.6 Å². The van der Waals surface area contributed by atoms with Gasteiger partial charge in [0, 0.05) is 17.7 Å². The Bertz CT molecular complexity index is 1220. The lowest BCUT2D eigenvalue weighted by molar-refractivity contribution is -0.277. The van der Waals surface area contributed by atoms with Gasteiger partial charge in [0.25, 0.3) is 0 Å². The maximum absolute atomic E-state index is 12.6. The van der Waals surface area contributed by atoms with E-state index in [0.717, 1.165) is 6.07 Å². The zero-order valence-electron chi connectivity index (χ0n) is 17.3. The lowest BCUT2D eigenvalue weighted by atomic mass is 9.99. The lowest BCUT2D eigenvalue weighted by Crippen LogP contribution is -2.60. The van der Waals surface area contributed by atoms with Crippen LogP contribution in [0.2, 0.25) is 0 Å². The highest BCUT2D eigenvalue weighted by molar-refractivity contribution is 5.82. The van der Waals surface area contributed by atoms with Gasteiger partial charge in [0.05, 0.1) is 19.1 Å². The molecule has 1 aliphatic rings. The Labute approximate surface area is 186 Å². The minimum atomic E-state index is -1.69. The molecule has 0 bridgehead atoms. The number of aliphatic hydroxyl groups excluding tert-OH is 4. The monoisotopic (exact) mass is 462 g/mol. The molecule has 0 aliphatic carbocycles. The number of aliphatic hydroxyl groups is 4. The molecule has 5 atom stereocenters. The van der Waals surface area contributed by atoms with Crippen molar-refractivity contribution in [2.24, 2.45) is 0 Å². The third-order valence-electron chi connectivity index (χ3n) is 5.36. The normalized spacial score (nSPS) is 25.2. The number of methoxy groups -OCH3 is 1. The second-order valence-electron chi connectivity index (χ2n) is 7.49. The van der Waals surface area contributed by atoms with Gasteiger partial charge < -0.3 is 49.3 Å². The summed E-state index contributed by atoms with van der Waals surface area (Å²) in [5.74, 6) is -0.478. The van der Waals surface area contributed by atoms with E-state index in [-0.39, 0.29) is 34.0 Å². The molecule has 11 nitrogen and oxygen atoms in total. The molecular formula is C22H22O11. The van der Waals surface area contributed by atoms with E-state index in [1.54, 1.807) is 0 Å². The van der Waals surface area contributed by atoms with Gasteiger partial charge in [0.2, 0.25) is 6.29 Å². The molecule has 1 fully saturated rings. The van der Waals surface area contributed by atoms with Crippen molar-refractivity contribution < 1.29 is 49.3 Å². The fourth-order valence-electron chi connectivity index (χ4n) is 3.53. The molecule has 0 unspecified atom stereocenters. The van der Waals surface area contributed by atoms with Crippen LogP contribution in [0.15, 0.2) is 45.6 Å². The van der Waals surface area contributed by atoms with E-state index in [4.69, 9.17) is 18.6 Å². The van der Waals surface area contributed by atoms with E-state index < -0.39 is 48.5 Å². The van der Waals surface area contributed by atoms with Crippen molar-refractivity contribution in [3.63, 3.8) is 0 Å². The SMILES string of the molecule is COc1cc(-c2cc(=O)c3cc(O)c(O[C@@H]4O[C@H](CO)[C@@H](O)[C@H](O)[C@H]4O)cc3o2)ccc1O. The summed E-state index contributed by atoms with van der Waals surface area (Å²) in [5, 5.41) is 59.4. The summed E-state index contributed by atoms with van der Waals surface area (Å²) >= 11 is 0. The Morgan fingerprint density at radius 1 is 0.939 bits per heavy atom. The average Bonchev–Trinajstić information content (AvgIpc) is 2.80. The van der Waals surface area contributed by atoms with Crippen LogP contribution in [0.25, 0.3) is 22.3 Å². The Kier molecular flexibility index (Phi) is 6.15. The van der Waals surface area contributed by atoms with Crippen LogP contribution < -0.4 is 14.9 Å². The van der Waals surface area contributed by atoms with Gasteiger partial charge in [-0.1, -0.05) is 0 Å². The third-order valence-corrected chi connectivity index (χ3v) is 5.36. The number of phenols is 2. The molecule has 11 heteroatoms. The molecule has 4 rings (SSSR count). The minimum Gasteiger partial charge on any atom is -0.504 e. The van der Waals surface area contributed by atoms with Crippen LogP contribution in [0.4, 0.5) is 0 Å². The van der Waals surface area contributed by atoms with E-state index in [1.807, 2.05) is 0 Å². The largest absolute Gasteiger partial charge is 0.504 e. The van der Waals surface area contributed by atoms with Crippen molar-refractivity contribution >= 4 is 11.0 Å². The Hall–Kier alpha value is -3.35. The highest BCUT2D eigenvalue weighted by atomic mass is 16.7. The van der Waals surface area contributed by atoms with Gasteiger partial charge in [0.15, 0.2) is 28.4 Å². The average molecular weight is 462 g/mol. The van der Waals surface area contributed by atoms with Crippen molar-refractivity contribution in [2.45, 2.75) is 30.7 Å². The summed E-state index contributed by atoms with van der Waals surface area (Å²) in [6.45, 7) is -0.650. The van der Waals surface area contributed by atoms with E-state index in [0.29, 0.717) is 5.56 Å². The van der Waals surface area contributed by atoms with Crippen molar-refractivity contribution in [1.29, 1.82) is 0 Å². The predicted octanol–water partition coefficient (Wildman–Crippen LogP) is 0.0585. The molecule has 2 aromatic carbocycles. The van der Waals surface area contributed by atoms with Crippen molar-refractivity contribution in [1.82, 2.24) is 0 Å². The van der Waals surface area contributed by atoms with E-state index >= 15 is 0 Å². The molecule has 6 N–H and O–H groups in total. The molecule has 0 spiro atoms. The van der Waals surface area contributed by atoms with Gasteiger partial charge in [-0.15, -0.1) is 0 Å². The molecule has 1 saturated heterocycles. The second kappa shape index (κ2) is 8.89. The maximum Gasteiger partial charge on any atom is 0.229 e. The Morgan fingerprint density at radius 3 is 2.39 bits per heavy atom. The number of hydrogen-bond acceptors (Lipinski definition) is 11. The zero-order chi connectivity index (χ0) is 23.9. The summed E-state index contributed by atoms with van der Waals surface area (Å²) in [7, 11) is 1.38. The second-order valence-corrected chi connectivity index (χ2v) is 7.49. The van der Waals surface area contributed by atoms with Crippen molar-refractivity contribution in [3.8, 4) is 34.3 Å². The molecule has 3 aromatic rings. The maximum atomic E-state index is 12.6. The van der Waals surface area contributed by atoms with Gasteiger partial charge in [-0.05, 0) is 24.3 Å². The van der Waals surface area contributed by atoms with Crippen molar-refractivity contribution in [2.75, 3.05) is 13.7 Å². The fraction of sp³-hybridized carbons (Fsp3) is 0.318. The third kappa shape index (κ3) is 4.19. The van der Waals surface area contributed by atoms with Gasteiger partial charge in [-0.25, -0.2) is 0 Å². The highest BCUT2D eigenvalue weighted by Crippen LogP contribution is 2.36. The topological polar surface area (TPSA) is 179 Å². The van der Waals surface area contributed by atoms with Gasteiger partial charge in [-0.3, -0.25) is 4.79 Å². The molecular weight excluding hydrogens is 440 g/mol. The molecule has 1 aromatic heterocycles. The van der Waals surface area contributed by atoms with Crippen LogP contribution in [0.1, 0.15) is 0 Å². The van der Waals surface area contributed by atoms with Crippen LogP contribution in [-0.2, 0) is 4.74 Å². The first-order valence-corrected chi connectivity index (χ1v) is 9.89. The summed E-state index contributed by atoms with van der Waals surface area (Å²) in [4.78, 5) is 12.6. The van der Waals surface area contributed by atoms with E-state index in [9.17, 15) is 35.4 Å². The fourth-order valence-corrected chi connectivity index (χ4v) is 3.53. The highest BCUT2D eigenvalue weighted by Gasteiger charge is 2.45. The number of hydrogen-bond donors (Lipinski definition) is 6. The number of phenolic OH excluding ortho intramolecular Hbond substituents is 2. The first-order valence-electron chi connectivity index (χ1n) is 9.89. The van der Waals surface area contributed by atoms with Gasteiger partial charge >= 0.3 is 0 Å². The predicted molar refractivity (Wildman–Crippen MR) is 112 cm³/mol. The number of aromatic hydroxyl groups is 2. The molecule has 33 heavy (non-hydrogen) atoms. The molecule has 0 radical (unpaired) electrons. The summed E-state index contributed by atoms with van der Waals surface area (Å²) in [6, 6.07) is 7.91. The molecule has 0 saturated carbocycles. The number of fused-ring (bicyclic) bond motifs is 1. The standard InChI is InChI=1S/C22H22O11/c1-30-16-4-9(2-3-11(16)24)14-6-12(25)10-5-13(26)17(7-15(10)31-14)32-22-21(29)20(28)19(27)18(8-23)33-22/h2-7,18-24,26-29H,8H2,1H3/t18-,19-,20+,21-,22-/m1/s1. The van der Waals surface area contributed by atoms with Crippen LogP contribution in [-0.4, -0.2) is 75.1 Å². The first kappa shape index (κ1) is 22.8. The molecule has 0 amide bonds. The first-order chi connectivity index (χ1) is 15.7. The van der Waals surface area contributed by atoms with Crippen LogP contribution in [0.5, 0.6) is 23.0 Å². The van der Waals surface area contributed by atoms with E-state index in [2.05, 4.69) is 0 Å². The van der Waals surface area contributed by atoms with Crippen LogP contribution in [0, 0.1) is 0 Å². The smallest absolute Gasteiger partial charge is 0.229 e. The van der Waals surface area contributed by atoms with Gasteiger partial charge in [0.1, 0.15) is 35.8 Å². The van der Waals surface area contributed by atoms with E-state index in [1.165, 1.54) is 37.4 Å². The number of benzene rings is 2. The van der Waals surface area contributed by atoms with Crippen LogP contribution in [0.3, 0.4) is 0 Å². The van der Waals surface area contributed by atoms with Gasteiger partial charge in [-0.2, -0.15) is 0 Å². The summed E-state index contributed by atoms with van der Waals surface area (Å²) in [6.07, 6.45) is -7.68. The molecule has 2 heterocycles. The Balaban J connectivity index is 1.72. The van der Waals surface area contributed by atoms with Crippen LogP contribution >= 0.6 is 0 Å².